The summed E-state index contributed by atoms with van der Waals surface area (Å²) in [7, 11) is 0. The Hall–Kier alpha value is -1.36. The van der Waals surface area contributed by atoms with Crippen LogP contribution in [0.3, 0.4) is 0 Å². The summed E-state index contributed by atoms with van der Waals surface area (Å²) in [6.45, 7) is 4.42. The van der Waals surface area contributed by atoms with Crippen LogP contribution in [0.15, 0.2) is 0 Å². The van der Waals surface area contributed by atoms with E-state index in [1.54, 1.807) is 11.3 Å². The van der Waals surface area contributed by atoms with Crippen LogP contribution in [0, 0.1) is 11.8 Å². The van der Waals surface area contributed by atoms with Crippen molar-refractivity contribution in [3.63, 3.8) is 0 Å². The van der Waals surface area contributed by atoms with Gasteiger partial charge in [-0.15, -0.1) is 11.3 Å². The van der Waals surface area contributed by atoms with Gasteiger partial charge >= 0.3 is 5.97 Å². The second-order valence-electron chi connectivity index (χ2n) is 7.87. The van der Waals surface area contributed by atoms with Crippen LogP contribution in [0.4, 0.5) is 5.00 Å². The Balaban J connectivity index is 1.69. The van der Waals surface area contributed by atoms with E-state index < -0.39 is 0 Å². The third-order valence-corrected chi connectivity index (χ3v) is 6.92. The van der Waals surface area contributed by atoms with Crippen LogP contribution in [-0.2, 0) is 22.4 Å². The van der Waals surface area contributed by atoms with Crippen molar-refractivity contribution in [3.8, 4) is 0 Å². The number of ether oxygens (including phenoxy) is 1. The summed E-state index contributed by atoms with van der Waals surface area (Å²) in [4.78, 5) is 26.3. The zero-order valence-corrected chi connectivity index (χ0v) is 16.9. The summed E-state index contributed by atoms with van der Waals surface area (Å²) >= 11 is 1.58. The van der Waals surface area contributed by atoms with Crippen LogP contribution in [0.5, 0.6) is 0 Å². The summed E-state index contributed by atoms with van der Waals surface area (Å²) in [6.07, 6.45) is 10.9. The molecule has 1 N–H and O–H groups in total. The quantitative estimate of drug-likeness (QED) is 0.680. The molecule has 1 heterocycles. The fourth-order valence-corrected chi connectivity index (χ4v) is 5.67. The van der Waals surface area contributed by atoms with E-state index in [9.17, 15) is 9.59 Å². The lowest BCUT2D eigenvalue weighted by Crippen LogP contribution is -2.17. The maximum Gasteiger partial charge on any atom is 0.341 e. The molecule has 1 aromatic heterocycles. The van der Waals surface area contributed by atoms with Gasteiger partial charge in [-0.25, -0.2) is 4.79 Å². The number of esters is 1. The molecule has 0 aromatic carbocycles. The summed E-state index contributed by atoms with van der Waals surface area (Å²) in [5.74, 6) is 1.07. The van der Waals surface area contributed by atoms with Crippen molar-refractivity contribution in [2.75, 3.05) is 11.9 Å². The number of hydrogen-bond donors (Lipinski definition) is 1. The van der Waals surface area contributed by atoms with Gasteiger partial charge in [-0.3, -0.25) is 4.79 Å². The molecule has 1 atom stereocenters. The van der Waals surface area contributed by atoms with E-state index in [4.69, 9.17) is 4.74 Å². The van der Waals surface area contributed by atoms with Crippen molar-refractivity contribution >= 4 is 28.2 Å². The number of carbonyl (C=O) groups is 2. The highest BCUT2D eigenvalue weighted by molar-refractivity contribution is 7.17. The summed E-state index contributed by atoms with van der Waals surface area (Å²) in [6, 6.07) is 0. The third-order valence-electron chi connectivity index (χ3n) is 5.75. The zero-order chi connectivity index (χ0) is 18.5. The molecule has 0 radical (unpaired) electrons. The van der Waals surface area contributed by atoms with Gasteiger partial charge in [0.2, 0.25) is 5.91 Å². The van der Waals surface area contributed by atoms with Crippen molar-refractivity contribution in [1.29, 1.82) is 0 Å². The van der Waals surface area contributed by atoms with E-state index >= 15 is 0 Å². The molecule has 26 heavy (non-hydrogen) atoms. The minimum Gasteiger partial charge on any atom is -0.462 e. The molecule has 0 saturated heterocycles. The van der Waals surface area contributed by atoms with Crippen LogP contribution < -0.4 is 5.32 Å². The molecule has 1 aromatic rings. The molecule has 3 rings (SSSR count). The van der Waals surface area contributed by atoms with Crippen LogP contribution >= 0.6 is 11.3 Å². The third kappa shape index (κ3) is 4.67. The van der Waals surface area contributed by atoms with Crippen molar-refractivity contribution in [2.45, 2.75) is 78.1 Å². The van der Waals surface area contributed by atoms with Gasteiger partial charge in [-0.1, -0.05) is 39.0 Å². The van der Waals surface area contributed by atoms with Crippen LogP contribution in [0.2, 0.25) is 0 Å². The minimum atomic E-state index is -0.290. The second kappa shape index (κ2) is 9.03. The van der Waals surface area contributed by atoms with E-state index in [2.05, 4.69) is 12.2 Å². The van der Waals surface area contributed by atoms with Crippen molar-refractivity contribution < 1.29 is 14.3 Å². The zero-order valence-electron chi connectivity index (χ0n) is 16.1. The molecule has 1 amide bonds. The standard InChI is InChI=1S/C21H31NO3S/c1-3-25-21(24)19-16-11-9-14(2)13-17(16)26-20(19)22-18(23)12-10-15-7-5-4-6-8-15/h14-15H,3-13H2,1-2H3,(H,22,23)/t14-/m1/s1. The monoisotopic (exact) mass is 377 g/mol. The highest BCUT2D eigenvalue weighted by atomic mass is 32.1. The summed E-state index contributed by atoms with van der Waals surface area (Å²) in [5, 5.41) is 3.75. The van der Waals surface area contributed by atoms with Crippen molar-refractivity contribution in [3.05, 3.63) is 16.0 Å². The van der Waals surface area contributed by atoms with E-state index in [-0.39, 0.29) is 11.9 Å². The first kappa shape index (κ1) is 19.4. The molecule has 0 spiro atoms. The highest BCUT2D eigenvalue weighted by Gasteiger charge is 2.29. The lowest BCUT2D eigenvalue weighted by atomic mass is 9.86. The highest BCUT2D eigenvalue weighted by Crippen LogP contribution is 2.40. The van der Waals surface area contributed by atoms with Gasteiger partial charge < -0.3 is 10.1 Å². The first-order valence-corrected chi connectivity index (χ1v) is 11.0. The number of amides is 1. The van der Waals surface area contributed by atoms with Crippen LogP contribution in [0.1, 0.15) is 86.0 Å². The molecule has 4 nitrogen and oxygen atoms in total. The Bertz CT molecular complexity index is 646. The number of anilines is 1. The predicted octanol–water partition coefficient (Wildman–Crippen LogP) is 5.35. The molecule has 144 valence electrons. The fraction of sp³-hybridized carbons (Fsp3) is 0.714. The normalized spacial score (nSPS) is 20.5. The van der Waals surface area contributed by atoms with Gasteiger partial charge in [0.15, 0.2) is 0 Å². The maximum atomic E-state index is 12.5. The Morgan fingerprint density at radius 1 is 1.19 bits per heavy atom. The average molecular weight is 378 g/mol. The molecule has 0 aliphatic heterocycles. The lowest BCUT2D eigenvalue weighted by molar-refractivity contribution is -0.116. The van der Waals surface area contributed by atoms with Gasteiger partial charge in [-0.05, 0) is 50.0 Å². The first-order valence-electron chi connectivity index (χ1n) is 10.2. The van der Waals surface area contributed by atoms with Crippen molar-refractivity contribution in [2.24, 2.45) is 11.8 Å². The predicted molar refractivity (Wildman–Crippen MR) is 106 cm³/mol. The SMILES string of the molecule is CCOC(=O)c1c(NC(=O)CCC2CCCCC2)sc2c1CC[C@@H](C)C2. The molecular formula is C21H31NO3S. The van der Waals surface area contributed by atoms with E-state index in [1.165, 1.54) is 37.0 Å². The first-order chi connectivity index (χ1) is 12.6. The van der Waals surface area contributed by atoms with Gasteiger partial charge in [0.1, 0.15) is 5.00 Å². The molecular weight excluding hydrogens is 346 g/mol. The Morgan fingerprint density at radius 3 is 2.69 bits per heavy atom. The number of hydrogen-bond acceptors (Lipinski definition) is 4. The Kier molecular flexibility index (Phi) is 6.74. The fourth-order valence-electron chi connectivity index (χ4n) is 4.26. The van der Waals surface area contributed by atoms with Crippen LogP contribution in [-0.4, -0.2) is 18.5 Å². The largest absolute Gasteiger partial charge is 0.462 e. The lowest BCUT2D eigenvalue weighted by Gasteiger charge is -2.21. The maximum absolute atomic E-state index is 12.5. The van der Waals surface area contributed by atoms with Gasteiger partial charge in [0.05, 0.1) is 12.2 Å². The smallest absolute Gasteiger partial charge is 0.341 e. The van der Waals surface area contributed by atoms with Crippen LogP contribution in [0.25, 0.3) is 0 Å². The minimum absolute atomic E-state index is 0.0350. The molecule has 2 aliphatic rings. The number of rotatable bonds is 6. The topological polar surface area (TPSA) is 55.4 Å². The Morgan fingerprint density at radius 2 is 1.96 bits per heavy atom. The van der Waals surface area contributed by atoms with Gasteiger partial charge in [-0.2, -0.15) is 0 Å². The van der Waals surface area contributed by atoms with E-state index in [0.29, 0.717) is 35.4 Å². The van der Waals surface area contributed by atoms with E-state index in [1.807, 2.05) is 6.92 Å². The second-order valence-corrected chi connectivity index (χ2v) is 8.97. The molecule has 1 fully saturated rings. The summed E-state index contributed by atoms with van der Waals surface area (Å²) < 4.78 is 5.27. The van der Waals surface area contributed by atoms with E-state index in [0.717, 1.165) is 31.2 Å². The Labute approximate surface area is 160 Å². The van der Waals surface area contributed by atoms with Crippen molar-refractivity contribution in [1.82, 2.24) is 0 Å². The summed E-state index contributed by atoms with van der Waals surface area (Å²) in [5.41, 5.74) is 1.72. The number of thiophene rings is 1. The van der Waals surface area contributed by atoms with Gasteiger partial charge in [0.25, 0.3) is 0 Å². The molecule has 2 aliphatic carbocycles. The average Bonchev–Trinajstić information content (AvgIpc) is 2.98. The van der Waals surface area contributed by atoms with Gasteiger partial charge in [0, 0.05) is 11.3 Å². The number of nitrogens with one attached hydrogen (secondary N) is 1. The molecule has 1 saturated carbocycles. The number of carbonyl (C=O) groups excluding carboxylic acids is 2. The molecule has 0 unspecified atom stereocenters. The number of fused-ring (bicyclic) bond motifs is 1. The molecule has 5 heteroatoms. The molecule has 0 bridgehead atoms.